The maximum atomic E-state index is 13.3. The Morgan fingerprint density at radius 3 is 2.16 bits per heavy atom. The summed E-state index contributed by atoms with van der Waals surface area (Å²) in [6, 6.07) is 12.6. The van der Waals surface area contributed by atoms with Crippen molar-refractivity contribution in [3.63, 3.8) is 0 Å². The number of carbonyl (C=O) groups excluding carboxylic acids is 2. The molecule has 0 aliphatic carbocycles. The summed E-state index contributed by atoms with van der Waals surface area (Å²) in [6.07, 6.45) is 0.990. The van der Waals surface area contributed by atoms with E-state index in [9.17, 15) is 18.0 Å². The normalized spacial score (nSPS) is 12.2. The van der Waals surface area contributed by atoms with Crippen LogP contribution in [0.4, 0.5) is 5.69 Å². The van der Waals surface area contributed by atoms with Gasteiger partial charge in [-0.15, -0.1) is 0 Å². The molecule has 2 aromatic carbocycles. The summed E-state index contributed by atoms with van der Waals surface area (Å²) in [5.41, 5.74) is 0.974. The zero-order valence-electron chi connectivity index (χ0n) is 17.5. The highest BCUT2D eigenvalue weighted by Crippen LogP contribution is 2.27. The van der Waals surface area contributed by atoms with Crippen LogP contribution in [0.2, 0.25) is 10.0 Å². The van der Waals surface area contributed by atoms with Crippen LogP contribution in [0.5, 0.6) is 0 Å². The molecule has 0 aromatic heterocycles. The molecule has 168 valence electrons. The molecule has 0 spiro atoms. The van der Waals surface area contributed by atoms with Crippen LogP contribution in [0.3, 0.4) is 0 Å². The summed E-state index contributed by atoms with van der Waals surface area (Å²) in [5.74, 6) is -0.868. The van der Waals surface area contributed by atoms with Crippen molar-refractivity contribution in [1.29, 1.82) is 0 Å². The third kappa shape index (κ3) is 7.12. The highest BCUT2D eigenvalue weighted by atomic mass is 35.5. The summed E-state index contributed by atoms with van der Waals surface area (Å²) in [7, 11) is -3.84. The van der Waals surface area contributed by atoms with E-state index < -0.39 is 28.5 Å². The zero-order valence-corrected chi connectivity index (χ0v) is 19.8. The topological polar surface area (TPSA) is 86.8 Å². The van der Waals surface area contributed by atoms with Crippen molar-refractivity contribution < 1.29 is 18.0 Å². The molecule has 10 heteroatoms. The molecule has 0 saturated carbocycles. The largest absolute Gasteiger partial charge is 0.355 e. The Kier molecular flexibility index (Phi) is 8.73. The summed E-state index contributed by atoms with van der Waals surface area (Å²) in [5, 5.41) is 3.17. The van der Waals surface area contributed by atoms with E-state index in [4.69, 9.17) is 23.2 Å². The van der Waals surface area contributed by atoms with Gasteiger partial charge in [0.05, 0.1) is 11.9 Å². The number of halogens is 2. The summed E-state index contributed by atoms with van der Waals surface area (Å²) < 4.78 is 25.9. The average Bonchev–Trinajstić information content (AvgIpc) is 2.68. The van der Waals surface area contributed by atoms with Gasteiger partial charge in [-0.2, -0.15) is 0 Å². The molecule has 7 nitrogen and oxygen atoms in total. The second-order valence-electron chi connectivity index (χ2n) is 6.98. The fourth-order valence-corrected chi connectivity index (χ4v) is 4.33. The standard InChI is InChI=1S/C21H25Cl2N3O4S/c1-4-24-21(28)15(2)25(13-16-8-6-5-7-9-16)20(27)14-26(31(3,29)30)19-11-17(22)10-18(23)12-19/h5-12,15H,4,13-14H2,1-3H3,(H,24,28)/t15-/m1/s1. The monoisotopic (exact) mass is 485 g/mol. The molecule has 0 fully saturated rings. The van der Waals surface area contributed by atoms with E-state index in [0.717, 1.165) is 16.1 Å². The van der Waals surface area contributed by atoms with Gasteiger partial charge in [0.2, 0.25) is 21.8 Å². The Balaban J connectivity index is 2.39. The number of nitrogens with one attached hydrogen (secondary N) is 1. The lowest BCUT2D eigenvalue weighted by Crippen LogP contribution is -2.51. The molecule has 2 rings (SSSR count). The van der Waals surface area contributed by atoms with Gasteiger partial charge < -0.3 is 10.2 Å². The van der Waals surface area contributed by atoms with Crippen LogP contribution in [0.1, 0.15) is 19.4 Å². The van der Waals surface area contributed by atoms with E-state index in [2.05, 4.69) is 5.32 Å². The molecular formula is C21H25Cl2N3O4S. The van der Waals surface area contributed by atoms with Gasteiger partial charge in [0.25, 0.3) is 0 Å². The number of hydrogen-bond donors (Lipinski definition) is 1. The lowest BCUT2D eigenvalue weighted by Gasteiger charge is -2.31. The van der Waals surface area contributed by atoms with Crippen LogP contribution in [-0.4, -0.2) is 50.5 Å². The molecule has 0 heterocycles. The molecule has 0 saturated heterocycles. The molecule has 2 aromatic rings. The Hall–Kier alpha value is -2.29. The fourth-order valence-electron chi connectivity index (χ4n) is 2.98. The molecule has 0 aliphatic heterocycles. The summed E-state index contributed by atoms with van der Waals surface area (Å²) >= 11 is 12.0. The van der Waals surface area contributed by atoms with Crippen LogP contribution < -0.4 is 9.62 Å². The maximum absolute atomic E-state index is 13.3. The Morgan fingerprint density at radius 1 is 1.06 bits per heavy atom. The molecule has 1 N–H and O–H groups in total. The van der Waals surface area contributed by atoms with Gasteiger partial charge >= 0.3 is 0 Å². The predicted molar refractivity (Wildman–Crippen MR) is 124 cm³/mol. The highest BCUT2D eigenvalue weighted by molar-refractivity contribution is 7.92. The van der Waals surface area contributed by atoms with E-state index in [1.165, 1.54) is 23.1 Å². The van der Waals surface area contributed by atoms with Gasteiger partial charge in [-0.05, 0) is 37.6 Å². The zero-order chi connectivity index (χ0) is 23.2. The van der Waals surface area contributed by atoms with E-state index in [0.29, 0.717) is 6.54 Å². The Labute approximate surface area is 193 Å². The molecular weight excluding hydrogens is 461 g/mol. The first-order chi connectivity index (χ1) is 14.5. The van der Waals surface area contributed by atoms with Gasteiger partial charge in [-0.3, -0.25) is 13.9 Å². The second-order valence-corrected chi connectivity index (χ2v) is 9.75. The minimum absolute atomic E-state index is 0.145. The van der Waals surface area contributed by atoms with Gasteiger partial charge in [0, 0.05) is 23.1 Å². The smallest absolute Gasteiger partial charge is 0.244 e. The number of carbonyl (C=O) groups is 2. The van der Waals surface area contributed by atoms with Crippen LogP contribution in [0.15, 0.2) is 48.5 Å². The third-order valence-corrected chi connectivity index (χ3v) is 6.11. The SMILES string of the molecule is CCNC(=O)[C@@H](C)N(Cc1ccccc1)C(=O)CN(c1cc(Cl)cc(Cl)c1)S(C)(=O)=O. The average molecular weight is 486 g/mol. The molecule has 31 heavy (non-hydrogen) atoms. The quantitative estimate of drug-likeness (QED) is 0.589. The van der Waals surface area contributed by atoms with Crippen molar-refractivity contribution in [3.05, 3.63) is 64.1 Å². The third-order valence-electron chi connectivity index (χ3n) is 4.53. The van der Waals surface area contributed by atoms with E-state index >= 15 is 0 Å². The predicted octanol–water partition coefficient (Wildman–Crippen LogP) is 3.31. The van der Waals surface area contributed by atoms with Gasteiger partial charge in [0.1, 0.15) is 12.6 Å². The van der Waals surface area contributed by atoms with Gasteiger partial charge in [0.15, 0.2) is 0 Å². The lowest BCUT2D eigenvalue weighted by molar-refractivity contribution is -0.139. The molecule has 1 atom stereocenters. The number of benzene rings is 2. The first-order valence-electron chi connectivity index (χ1n) is 9.57. The number of likely N-dealkylation sites (N-methyl/N-ethyl adjacent to an activating group) is 1. The van der Waals surface area contributed by atoms with Crippen LogP contribution in [-0.2, 0) is 26.2 Å². The Morgan fingerprint density at radius 2 is 1.65 bits per heavy atom. The molecule has 0 unspecified atom stereocenters. The molecule has 0 radical (unpaired) electrons. The van der Waals surface area contributed by atoms with Crippen molar-refractivity contribution in [2.75, 3.05) is 23.7 Å². The van der Waals surface area contributed by atoms with Gasteiger partial charge in [-0.1, -0.05) is 53.5 Å². The number of rotatable bonds is 9. The minimum Gasteiger partial charge on any atom is -0.355 e. The second kappa shape index (κ2) is 10.8. The fraction of sp³-hybridized carbons (Fsp3) is 0.333. The molecule has 0 aliphatic rings. The number of anilines is 1. The van der Waals surface area contributed by atoms with Crippen molar-refractivity contribution in [2.45, 2.75) is 26.4 Å². The van der Waals surface area contributed by atoms with E-state index in [-0.39, 0.29) is 28.2 Å². The van der Waals surface area contributed by atoms with Crippen LogP contribution in [0, 0.1) is 0 Å². The minimum atomic E-state index is -3.84. The molecule has 2 amide bonds. The first kappa shape index (κ1) is 25.0. The van der Waals surface area contributed by atoms with Crippen molar-refractivity contribution in [3.8, 4) is 0 Å². The van der Waals surface area contributed by atoms with E-state index in [1.54, 1.807) is 13.8 Å². The number of nitrogens with zero attached hydrogens (tertiary/aromatic N) is 2. The van der Waals surface area contributed by atoms with Gasteiger partial charge in [-0.25, -0.2) is 8.42 Å². The highest BCUT2D eigenvalue weighted by Gasteiger charge is 2.30. The van der Waals surface area contributed by atoms with Crippen LogP contribution in [0.25, 0.3) is 0 Å². The maximum Gasteiger partial charge on any atom is 0.244 e. The van der Waals surface area contributed by atoms with E-state index in [1.807, 2.05) is 30.3 Å². The lowest BCUT2D eigenvalue weighted by atomic mass is 10.1. The van der Waals surface area contributed by atoms with Crippen molar-refractivity contribution >= 4 is 50.7 Å². The Bertz CT molecular complexity index is 1010. The van der Waals surface area contributed by atoms with Crippen molar-refractivity contribution in [2.24, 2.45) is 0 Å². The first-order valence-corrected chi connectivity index (χ1v) is 12.2. The number of sulfonamides is 1. The number of hydrogen-bond acceptors (Lipinski definition) is 4. The summed E-state index contributed by atoms with van der Waals surface area (Å²) in [4.78, 5) is 27.1. The van der Waals surface area contributed by atoms with Crippen LogP contribution >= 0.6 is 23.2 Å². The summed E-state index contributed by atoms with van der Waals surface area (Å²) in [6.45, 7) is 3.43. The number of amides is 2. The molecule has 0 bridgehead atoms. The van der Waals surface area contributed by atoms with Crippen molar-refractivity contribution in [1.82, 2.24) is 10.2 Å².